The Balaban J connectivity index is 1.55. The molecule has 0 aromatic carbocycles. The molecule has 5 aliphatic rings. The zero-order valence-corrected chi connectivity index (χ0v) is 16.6. The maximum Gasteiger partial charge on any atom is 0.173 e. The lowest BCUT2D eigenvalue weighted by Gasteiger charge is -2.67. The quantitative estimate of drug-likeness (QED) is 0.470. The minimum absolute atomic E-state index is 0.0441. The molecule has 25 heavy (non-hydrogen) atoms. The molecule has 0 bridgehead atoms. The highest BCUT2D eigenvalue weighted by Gasteiger charge is 2.72. The monoisotopic (exact) mass is 346 g/mol. The van der Waals surface area contributed by atoms with Crippen molar-refractivity contribution in [3.8, 4) is 0 Å². The molecule has 140 valence electrons. The van der Waals surface area contributed by atoms with Gasteiger partial charge in [-0.2, -0.15) is 0 Å². The van der Waals surface area contributed by atoms with Crippen LogP contribution < -0.4 is 0 Å². The van der Waals surface area contributed by atoms with Crippen molar-refractivity contribution in [3.05, 3.63) is 12.2 Å². The van der Waals surface area contributed by atoms with E-state index in [1.54, 1.807) is 0 Å². The summed E-state index contributed by atoms with van der Waals surface area (Å²) in [7, 11) is 0. The first kappa shape index (κ1) is 16.8. The minimum Gasteiger partial charge on any atom is -0.362 e. The van der Waals surface area contributed by atoms with Crippen molar-refractivity contribution in [2.24, 2.45) is 28.1 Å². The van der Waals surface area contributed by atoms with E-state index in [1.807, 2.05) is 0 Å². The first-order chi connectivity index (χ1) is 11.6. The predicted molar refractivity (Wildman–Crippen MR) is 97.1 cm³/mol. The van der Waals surface area contributed by atoms with E-state index < -0.39 is 0 Å². The molecule has 5 fully saturated rings. The standard InChI is InChI=1S/C22H34O3/c1-14-19(4)8-7-15-18(2,3)22(23-11-12-24-22)10-9-20(15,5)16(19)13-17-21(14,6)25-17/h15-17H,1,7-13H2,2-6H3/t15-,16-,17-,19-,20-,21+/m0/s1. The van der Waals surface area contributed by atoms with Crippen LogP contribution in [0.4, 0.5) is 0 Å². The summed E-state index contributed by atoms with van der Waals surface area (Å²) in [5.41, 5.74) is 1.90. The molecule has 0 N–H and O–H groups in total. The third-order valence-corrected chi connectivity index (χ3v) is 9.60. The molecule has 3 aliphatic carbocycles. The van der Waals surface area contributed by atoms with Gasteiger partial charge in [0.2, 0.25) is 0 Å². The molecule has 1 spiro atoms. The average molecular weight is 347 g/mol. The number of rotatable bonds is 0. The second kappa shape index (κ2) is 4.54. The summed E-state index contributed by atoms with van der Waals surface area (Å²) >= 11 is 0. The van der Waals surface area contributed by atoms with E-state index in [0.717, 1.165) is 19.6 Å². The Morgan fingerprint density at radius 2 is 1.60 bits per heavy atom. The molecular formula is C22H34O3. The average Bonchev–Trinajstić information content (AvgIpc) is 3.00. The van der Waals surface area contributed by atoms with Crippen molar-refractivity contribution >= 4 is 0 Å². The number of epoxide rings is 1. The molecule has 3 heteroatoms. The molecule has 0 amide bonds. The van der Waals surface area contributed by atoms with Gasteiger partial charge in [-0.1, -0.05) is 34.3 Å². The Bertz CT molecular complexity index is 633. The van der Waals surface area contributed by atoms with Crippen LogP contribution in [0.15, 0.2) is 12.2 Å². The lowest BCUT2D eigenvalue weighted by Crippen LogP contribution is -2.65. The second-order valence-corrected chi connectivity index (χ2v) is 10.7. The summed E-state index contributed by atoms with van der Waals surface area (Å²) in [5, 5.41) is 0. The molecule has 2 heterocycles. The van der Waals surface area contributed by atoms with Gasteiger partial charge in [0.15, 0.2) is 5.79 Å². The molecular weight excluding hydrogens is 312 g/mol. The van der Waals surface area contributed by atoms with Crippen LogP contribution in [0, 0.1) is 28.1 Å². The summed E-state index contributed by atoms with van der Waals surface area (Å²) in [4.78, 5) is 0. The van der Waals surface area contributed by atoms with Gasteiger partial charge in [-0.3, -0.25) is 0 Å². The van der Waals surface area contributed by atoms with Crippen molar-refractivity contribution in [1.29, 1.82) is 0 Å². The van der Waals surface area contributed by atoms with E-state index in [1.165, 1.54) is 31.3 Å². The fourth-order valence-corrected chi connectivity index (χ4v) is 7.92. The van der Waals surface area contributed by atoms with Gasteiger partial charge in [-0.25, -0.2) is 0 Å². The van der Waals surface area contributed by atoms with Crippen LogP contribution in [0.2, 0.25) is 0 Å². The molecule has 3 nitrogen and oxygen atoms in total. The van der Waals surface area contributed by atoms with Crippen LogP contribution >= 0.6 is 0 Å². The molecule has 0 aromatic rings. The highest BCUT2D eigenvalue weighted by atomic mass is 16.7. The van der Waals surface area contributed by atoms with E-state index in [9.17, 15) is 0 Å². The Kier molecular flexibility index (Phi) is 3.04. The summed E-state index contributed by atoms with van der Waals surface area (Å²) < 4.78 is 18.7. The number of hydrogen-bond acceptors (Lipinski definition) is 3. The van der Waals surface area contributed by atoms with Gasteiger partial charge in [-0.05, 0) is 60.8 Å². The Hall–Kier alpha value is -0.380. The van der Waals surface area contributed by atoms with Gasteiger partial charge in [0.25, 0.3) is 0 Å². The van der Waals surface area contributed by atoms with E-state index in [2.05, 4.69) is 41.2 Å². The summed E-state index contributed by atoms with van der Waals surface area (Å²) in [6, 6.07) is 0. The first-order valence-electron chi connectivity index (χ1n) is 10.3. The molecule has 2 saturated heterocycles. The summed E-state index contributed by atoms with van der Waals surface area (Å²) in [5.74, 6) is 0.923. The molecule has 5 rings (SSSR count). The number of fused-ring (bicyclic) bond motifs is 4. The number of hydrogen-bond donors (Lipinski definition) is 0. The van der Waals surface area contributed by atoms with Crippen LogP contribution in [-0.2, 0) is 14.2 Å². The van der Waals surface area contributed by atoms with Crippen LogP contribution in [0.5, 0.6) is 0 Å². The lowest BCUT2D eigenvalue weighted by molar-refractivity contribution is -0.301. The highest BCUT2D eigenvalue weighted by molar-refractivity contribution is 5.36. The normalized spacial score (nSPS) is 55.4. The number of ether oxygens (including phenoxy) is 3. The van der Waals surface area contributed by atoms with Gasteiger partial charge in [-0.15, -0.1) is 0 Å². The van der Waals surface area contributed by atoms with Crippen molar-refractivity contribution in [2.75, 3.05) is 13.2 Å². The Morgan fingerprint density at radius 1 is 0.920 bits per heavy atom. The fraction of sp³-hybridized carbons (Fsp3) is 0.909. The topological polar surface area (TPSA) is 31.0 Å². The molecule has 3 saturated carbocycles. The maximum absolute atomic E-state index is 6.25. The van der Waals surface area contributed by atoms with Crippen molar-refractivity contribution in [2.45, 2.75) is 84.2 Å². The first-order valence-corrected chi connectivity index (χ1v) is 10.3. The molecule has 0 aromatic heterocycles. The smallest absolute Gasteiger partial charge is 0.173 e. The van der Waals surface area contributed by atoms with E-state index >= 15 is 0 Å². The molecule has 0 unspecified atom stereocenters. The summed E-state index contributed by atoms with van der Waals surface area (Å²) in [6.45, 7) is 18.2. The third-order valence-electron chi connectivity index (χ3n) is 9.60. The van der Waals surface area contributed by atoms with Gasteiger partial charge < -0.3 is 14.2 Å². The fourth-order valence-electron chi connectivity index (χ4n) is 7.92. The maximum atomic E-state index is 6.25. The van der Waals surface area contributed by atoms with Crippen LogP contribution in [0.3, 0.4) is 0 Å². The summed E-state index contributed by atoms with van der Waals surface area (Å²) in [6.07, 6.45) is 6.27. The largest absolute Gasteiger partial charge is 0.362 e. The Morgan fingerprint density at radius 3 is 2.28 bits per heavy atom. The SMILES string of the molecule is C=C1[C@]2(C)CC[C@H]3C(C)(C)C4(CC[C@]3(C)[C@H]2C[C@@H]2O[C@]12C)OCCO4. The van der Waals surface area contributed by atoms with Crippen LogP contribution in [-0.4, -0.2) is 30.7 Å². The van der Waals surface area contributed by atoms with E-state index in [0.29, 0.717) is 23.4 Å². The van der Waals surface area contributed by atoms with E-state index in [-0.39, 0.29) is 22.2 Å². The lowest BCUT2D eigenvalue weighted by atomic mass is 9.39. The van der Waals surface area contributed by atoms with Gasteiger partial charge in [0.05, 0.1) is 19.3 Å². The van der Waals surface area contributed by atoms with E-state index in [4.69, 9.17) is 14.2 Å². The van der Waals surface area contributed by atoms with Crippen LogP contribution in [0.1, 0.15) is 66.7 Å². The van der Waals surface area contributed by atoms with Crippen molar-refractivity contribution in [1.82, 2.24) is 0 Å². The molecule has 0 radical (unpaired) electrons. The minimum atomic E-state index is -0.360. The molecule has 2 aliphatic heterocycles. The Labute approximate surface area is 152 Å². The zero-order valence-electron chi connectivity index (χ0n) is 16.6. The van der Waals surface area contributed by atoms with Crippen molar-refractivity contribution in [3.63, 3.8) is 0 Å². The third kappa shape index (κ3) is 1.74. The van der Waals surface area contributed by atoms with Crippen molar-refractivity contribution < 1.29 is 14.2 Å². The van der Waals surface area contributed by atoms with Crippen LogP contribution in [0.25, 0.3) is 0 Å². The van der Waals surface area contributed by atoms with Gasteiger partial charge in [0.1, 0.15) is 5.60 Å². The van der Waals surface area contributed by atoms with Gasteiger partial charge >= 0.3 is 0 Å². The predicted octanol–water partition coefficient (Wildman–Crippen LogP) is 4.71. The zero-order chi connectivity index (χ0) is 17.9. The van der Waals surface area contributed by atoms with Gasteiger partial charge in [0, 0.05) is 11.8 Å². The highest BCUT2D eigenvalue weighted by Crippen LogP contribution is 2.74. The second-order valence-electron chi connectivity index (χ2n) is 10.7. The molecule has 6 atom stereocenters.